The van der Waals surface area contributed by atoms with Crippen molar-refractivity contribution < 1.29 is 15.3 Å². The van der Waals surface area contributed by atoms with Crippen LogP contribution in [0.1, 0.15) is 18.1 Å². The molecule has 0 bridgehead atoms. The maximum atomic E-state index is 9.74. The van der Waals surface area contributed by atoms with E-state index in [9.17, 15) is 15.3 Å². The number of likely N-dealkylation sites (tertiary alicyclic amines) is 1. The van der Waals surface area contributed by atoms with Crippen molar-refractivity contribution in [2.24, 2.45) is 0 Å². The number of aliphatic hydroxyl groups excluding tert-OH is 3. The van der Waals surface area contributed by atoms with Crippen molar-refractivity contribution >= 4 is 0 Å². The van der Waals surface area contributed by atoms with Crippen molar-refractivity contribution in [3.8, 4) is 0 Å². The molecule has 0 amide bonds. The summed E-state index contributed by atoms with van der Waals surface area (Å²) in [5, 5.41) is 28.6. The van der Waals surface area contributed by atoms with Gasteiger partial charge in [-0.1, -0.05) is 31.2 Å². The summed E-state index contributed by atoms with van der Waals surface area (Å²) in [4.78, 5) is 1.93. The smallest absolute Gasteiger partial charge is 0.0988 e. The molecule has 3 N–H and O–H groups in total. The molecule has 1 saturated heterocycles. The number of hydrogen-bond donors (Lipinski definition) is 3. The normalized spacial score (nSPS) is 28.8. The number of benzene rings is 1. The quantitative estimate of drug-likeness (QED) is 0.712. The minimum Gasteiger partial charge on any atom is -0.395 e. The lowest BCUT2D eigenvalue weighted by atomic mass is 10.1. The van der Waals surface area contributed by atoms with Gasteiger partial charge in [-0.25, -0.2) is 0 Å². The monoisotopic (exact) mass is 251 g/mol. The fourth-order valence-electron chi connectivity index (χ4n) is 2.48. The highest BCUT2D eigenvalue weighted by Crippen LogP contribution is 2.21. The molecule has 1 aromatic carbocycles. The average Bonchev–Trinajstić information content (AvgIpc) is 2.65. The molecular formula is C14H21NO3. The standard InChI is InChI=1S/C14H21NO3/c1-2-10-3-5-11(6-4-10)7-15-8-13(17)14(18)12(15)9-16/h3-6,12-14,16-18H,2,7-9H2,1H3/t12-,13-,14-/m0/s1. The van der Waals surface area contributed by atoms with Crippen LogP contribution in [0.15, 0.2) is 24.3 Å². The van der Waals surface area contributed by atoms with Gasteiger partial charge in [-0.05, 0) is 17.5 Å². The first-order chi connectivity index (χ1) is 8.65. The third kappa shape index (κ3) is 2.72. The van der Waals surface area contributed by atoms with E-state index in [-0.39, 0.29) is 12.6 Å². The first kappa shape index (κ1) is 13.5. The van der Waals surface area contributed by atoms with Crippen LogP contribution in [0.2, 0.25) is 0 Å². The van der Waals surface area contributed by atoms with Gasteiger partial charge in [0.1, 0.15) is 0 Å². The van der Waals surface area contributed by atoms with Crippen LogP contribution in [0.4, 0.5) is 0 Å². The van der Waals surface area contributed by atoms with Gasteiger partial charge in [0.05, 0.1) is 24.9 Å². The maximum Gasteiger partial charge on any atom is 0.0988 e. The number of aryl methyl sites for hydroxylation is 1. The van der Waals surface area contributed by atoms with Crippen molar-refractivity contribution in [1.82, 2.24) is 4.90 Å². The van der Waals surface area contributed by atoms with Crippen LogP contribution in [-0.2, 0) is 13.0 Å². The van der Waals surface area contributed by atoms with Crippen molar-refractivity contribution in [3.05, 3.63) is 35.4 Å². The molecule has 1 aliphatic heterocycles. The zero-order valence-corrected chi connectivity index (χ0v) is 10.7. The topological polar surface area (TPSA) is 63.9 Å². The molecule has 1 heterocycles. The van der Waals surface area contributed by atoms with Crippen LogP contribution in [0.5, 0.6) is 0 Å². The van der Waals surface area contributed by atoms with Crippen molar-refractivity contribution in [1.29, 1.82) is 0 Å². The maximum absolute atomic E-state index is 9.74. The molecule has 4 heteroatoms. The first-order valence-electron chi connectivity index (χ1n) is 6.44. The van der Waals surface area contributed by atoms with E-state index >= 15 is 0 Å². The lowest BCUT2D eigenvalue weighted by molar-refractivity contribution is 0.0210. The second kappa shape index (κ2) is 5.80. The molecule has 0 aliphatic carbocycles. The molecule has 2 rings (SSSR count). The highest BCUT2D eigenvalue weighted by atomic mass is 16.3. The predicted molar refractivity (Wildman–Crippen MR) is 69.1 cm³/mol. The van der Waals surface area contributed by atoms with Gasteiger partial charge in [0.15, 0.2) is 0 Å². The Bertz CT molecular complexity index is 379. The summed E-state index contributed by atoms with van der Waals surface area (Å²) >= 11 is 0. The Hall–Kier alpha value is -0.940. The van der Waals surface area contributed by atoms with E-state index in [0.717, 1.165) is 12.0 Å². The van der Waals surface area contributed by atoms with E-state index in [1.165, 1.54) is 5.56 Å². The highest BCUT2D eigenvalue weighted by Gasteiger charge is 2.39. The minimum atomic E-state index is -0.857. The first-order valence-corrected chi connectivity index (χ1v) is 6.44. The van der Waals surface area contributed by atoms with Gasteiger partial charge >= 0.3 is 0 Å². The molecular weight excluding hydrogens is 230 g/mol. The molecule has 4 nitrogen and oxygen atoms in total. The lowest BCUT2D eigenvalue weighted by Gasteiger charge is -2.23. The van der Waals surface area contributed by atoms with Crippen molar-refractivity contribution in [2.45, 2.75) is 38.1 Å². The molecule has 1 fully saturated rings. The molecule has 3 atom stereocenters. The van der Waals surface area contributed by atoms with E-state index in [2.05, 4.69) is 31.2 Å². The van der Waals surface area contributed by atoms with Gasteiger partial charge in [0.2, 0.25) is 0 Å². The summed E-state index contributed by atoms with van der Waals surface area (Å²) in [6, 6.07) is 7.93. The van der Waals surface area contributed by atoms with Gasteiger partial charge in [0, 0.05) is 13.1 Å². The summed E-state index contributed by atoms with van der Waals surface area (Å²) in [6.45, 7) is 3.03. The molecule has 1 aromatic rings. The zero-order chi connectivity index (χ0) is 13.1. The Morgan fingerprint density at radius 1 is 1.17 bits per heavy atom. The number of β-amino-alcohol motifs (C(OH)–C–C–N with tert-alkyl or cyclic N) is 1. The van der Waals surface area contributed by atoms with Crippen molar-refractivity contribution in [2.75, 3.05) is 13.2 Å². The SMILES string of the molecule is CCc1ccc(CN2C[C@H](O)[C@@H](O)[C@@H]2CO)cc1. The Balaban J connectivity index is 2.04. The Labute approximate surface area is 107 Å². The van der Waals surface area contributed by atoms with Gasteiger partial charge in [-0.2, -0.15) is 0 Å². The van der Waals surface area contributed by atoms with E-state index in [4.69, 9.17) is 0 Å². The van der Waals surface area contributed by atoms with Crippen LogP contribution >= 0.6 is 0 Å². The lowest BCUT2D eigenvalue weighted by Crippen LogP contribution is -2.38. The van der Waals surface area contributed by atoms with E-state index in [1.807, 2.05) is 4.90 Å². The zero-order valence-electron chi connectivity index (χ0n) is 10.7. The van der Waals surface area contributed by atoms with Crippen LogP contribution in [0.25, 0.3) is 0 Å². The van der Waals surface area contributed by atoms with Gasteiger partial charge in [-0.3, -0.25) is 4.90 Å². The van der Waals surface area contributed by atoms with E-state index < -0.39 is 12.2 Å². The second-order valence-corrected chi connectivity index (χ2v) is 4.91. The number of hydrogen-bond acceptors (Lipinski definition) is 4. The fraction of sp³-hybridized carbons (Fsp3) is 0.571. The minimum absolute atomic E-state index is 0.134. The second-order valence-electron chi connectivity index (χ2n) is 4.91. The fourth-order valence-corrected chi connectivity index (χ4v) is 2.48. The molecule has 0 aromatic heterocycles. The summed E-state index contributed by atoms with van der Waals surface area (Å²) in [6.07, 6.45) is -0.609. The molecule has 0 spiro atoms. The summed E-state index contributed by atoms with van der Waals surface area (Å²) in [5.41, 5.74) is 2.42. The Kier molecular flexibility index (Phi) is 4.35. The van der Waals surface area contributed by atoms with Crippen LogP contribution in [0, 0.1) is 0 Å². The molecule has 18 heavy (non-hydrogen) atoms. The van der Waals surface area contributed by atoms with Gasteiger partial charge in [0.25, 0.3) is 0 Å². The largest absolute Gasteiger partial charge is 0.395 e. The number of aliphatic hydroxyl groups is 3. The third-order valence-corrected chi connectivity index (χ3v) is 3.68. The molecule has 100 valence electrons. The molecule has 0 unspecified atom stereocenters. The molecule has 0 saturated carbocycles. The van der Waals surface area contributed by atoms with Gasteiger partial charge in [-0.15, -0.1) is 0 Å². The summed E-state index contributed by atoms with van der Waals surface area (Å²) in [5.74, 6) is 0. The predicted octanol–water partition coefficient (Wildman–Crippen LogP) is 0.147. The third-order valence-electron chi connectivity index (χ3n) is 3.68. The van der Waals surface area contributed by atoms with Gasteiger partial charge < -0.3 is 15.3 Å². The molecule has 0 radical (unpaired) electrons. The Morgan fingerprint density at radius 2 is 1.78 bits per heavy atom. The molecule has 1 aliphatic rings. The average molecular weight is 251 g/mol. The number of rotatable bonds is 4. The highest BCUT2D eigenvalue weighted by molar-refractivity contribution is 5.22. The van der Waals surface area contributed by atoms with E-state index in [1.54, 1.807) is 0 Å². The Morgan fingerprint density at radius 3 is 2.33 bits per heavy atom. The summed E-state index contributed by atoms with van der Waals surface area (Å²) in [7, 11) is 0. The van der Waals surface area contributed by atoms with Crippen LogP contribution in [-0.4, -0.2) is 51.6 Å². The van der Waals surface area contributed by atoms with Crippen LogP contribution in [0.3, 0.4) is 0 Å². The van der Waals surface area contributed by atoms with E-state index in [0.29, 0.717) is 13.1 Å². The van der Waals surface area contributed by atoms with Crippen LogP contribution < -0.4 is 0 Å². The number of nitrogens with zero attached hydrogens (tertiary/aromatic N) is 1. The van der Waals surface area contributed by atoms with Crippen molar-refractivity contribution in [3.63, 3.8) is 0 Å². The summed E-state index contributed by atoms with van der Waals surface area (Å²) < 4.78 is 0.